The number of amides is 1. The molecule has 27 heavy (non-hydrogen) atoms. The van der Waals surface area contributed by atoms with Crippen molar-refractivity contribution in [1.29, 1.82) is 0 Å². The molecule has 162 valence electrons. The summed E-state index contributed by atoms with van der Waals surface area (Å²) in [4.78, 5) is 12.1. The van der Waals surface area contributed by atoms with Crippen molar-refractivity contribution >= 4 is 5.91 Å². The van der Waals surface area contributed by atoms with Crippen LogP contribution in [-0.2, 0) is 4.79 Å². The molecule has 0 aliphatic rings. The third-order valence-electron chi connectivity index (χ3n) is 3.87. The minimum absolute atomic E-state index is 0.0913. The van der Waals surface area contributed by atoms with Gasteiger partial charge in [-0.15, -0.1) is 0 Å². The monoisotopic (exact) mass is 382 g/mol. The number of hydrogen-bond acceptors (Lipinski definition) is 2. The highest BCUT2D eigenvalue weighted by Crippen LogP contribution is 2.22. The minimum atomic E-state index is 0.0913. The van der Waals surface area contributed by atoms with E-state index in [1.807, 2.05) is 34.6 Å². The quantitative estimate of drug-likeness (QED) is 0.373. The van der Waals surface area contributed by atoms with Gasteiger partial charge in [-0.2, -0.15) is 0 Å². The van der Waals surface area contributed by atoms with Crippen LogP contribution in [0.2, 0.25) is 0 Å². The molecule has 0 aromatic rings. The lowest BCUT2D eigenvalue weighted by atomic mass is 9.90. The normalized spacial score (nSPS) is 11.0. The van der Waals surface area contributed by atoms with Gasteiger partial charge in [0.15, 0.2) is 0 Å². The Morgan fingerprint density at radius 1 is 1.04 bits per heavy atom. The van der Waals surface area contributed by atoms with E-state index in [-0.39, 0.29) is 11.9 Å². The van der Waals surface area contributed by atoms with Crippen molar-refractivity contribution in [3.8, 4) is 0 Å². The zero-order valence-corrected chi connectivity index (χ0v) is 19.8. The molecule has 0 rings (SSSR count). The number of nitrogens with one attached hydrogen (secondary N) is 1. The maximum atomic E-state index is 12.1. The molecule has 0 aromatic heterocycles. The Morgan fingerprint density at radius 3 is 1.85 bits per heavy atom. The van der Waals surface area contributed by atoms with Crippen LogP contribution >= 0.6 is 0 Å². The van der Waals surface area contributed by atoms with Gasteiger partial charge in [0.05, 0.1) is 0 Å². The van der Waals surface area contributed by atoms with Gasteiger partial charge in [-0.05, 0) is 38.3 Å². The van der Waals surface area contributed by atoms with Gasteiger partial charge >= 0.3 is 0 Å². The number of unbranched alkanes of at least 4 members (excludes halogenated alkanes) is 1. The number of nitrogens with two attached hydrogens (primary N) is 1. The highest BCUT2D eigenvalue weighted by Gasteiger charge is 2.16. The zero-order valence-electron chi connectivity index (χ0n) is 19.8. The maximum absolute atomic E-state index is 12.1. The van der Waals surface area contributed by atoms with E-state index in [1.165, 1.54) is 6.20 Å². The molecule has 0 saturated heterocycles. The van der Waals surface area contributed by atoms with Crippen molar-refractivity contribution < 1.29 is 4.79 Å². The van der Waals surface area contributed by atoms with E-state index in [1.54, 1.807) is 0 Å². The average Bonchev–Trinajstić information content (AvgIpc) is 2.66. The van der Waals surface area contributed by atoms with Gasteiger partial charge in [-0.25, -0.2) is 0 Å². The lowest BCUT2D eigenvalue weighted by molar-refractivity contribution is -0.121. The molecule has 0 bridgehead atoms. The average molecular weight is 383 g/mol. The van der Waals surface area contributed by atoms with Crippen LogP contribution in [0.1, 0.15) is 100 Å². The summed E-state index contributed by atoms with van der Waals surface area (Å²) in [6.45, 7) is 27.7. The number of rotatable bonds is 11. The van der Waals surface area contributed by atoms with E-state index in [9.17, 15) is 4.79 Å². The van der Waals surface area contributed by atoms with Crippen LogP contribution < -0.4 is 11.1 Å². The SMILES string of the molecule is C=C(CC(=O)NC(CCCC)C(=C)C)C(CC)CCC.C=CN.CC.CC. The molecule has 0 aromatic carbocycles. The fraction of sp³-hybridized carbons (Fsp3) is 0.708. The first kappa shape index (κ1) is 33.1. The van der Waals surface area contributed by atoms with Crippen molar-refractivity contribution in [2.45, 2.75) is 106 Å². The van der Waals surface area contributed by atoms with Gasteiger partial charge < -0.3 is 11.1 Å². The molecule has 3 nitrogen and oxygen atoms in total. The smallest absolute Gasteiger partial charge is 0.224 e. The van der Waals surface area contributed by atoms with Gasteiger partial charge in [0.2, 0.25) is 5.91 Å². The largest absolute Gasteiger partial charge is 0.405 e. The molecule has 0 radical (unpaired) electrons. The molecule has 3 N–H and O–H groups in total. The van der Waals surface area contributed by atoms with Crippen LogP contribution in [0.15, 0.2) is 37.1 Å². The number of carbonyl (C=O) groups excluding carboxylic acids is 1. The second-order valence-corrected chi connectivity index (χ2v) is 6.07. The predicted octanol–water partition coefficient (Wildman–Crippen LogP) is 7.15. The Morgan fingerprint density at radius 2 is 1.52 bits per heavy atom. The topological polar surface area (TPSA) is 55.1 Å². The molecule has 2 unspecified atom stereocenters. The van der Waals surface area contributed by atoms with Crippen molar-refractivity contribution in [2.24, 2.45) is 11.7 Å². The van der Waals surface area contributed by atoms with Crippen LogP contribution in [0.5, 0.6) is 0 Å². The first-order valence-electron chi connectivity index (χ1n) is 10.8. The van der Waals surface area contributed by atoms with Crippen LogP contribution in [0, 0.1) is 5.92 Å². The summed E-state index contributed by atoms with van der Waals surface area (Å²) in [6, 6.07) is 0.113. The number of hydrogen-bond donors (Lipinski definition) is 2. The van der Waals surface area contributed by atoms with Crippen LogP contribution in [0.4, 0.5) is 0 Å². The summed E-state index contributed by atoms with van der Waals surface area (Å²) in [5.41, 5.74) is 6.72. The predicted molar refractivity (Wildman–Crippen MR) is 126 cm³/mol. The molecule has 1 amide bonds. The Hall–Kier alpha value is -1.51. The molecular weight excluding hydrogens is 332 g/mol. The highest BCUT2D eigenvalue weighted by molar-refractivity contribution is 5.79. The summed E-state index contributed by atoms with van der Waals surface area (Å²) < 4.78 is 0. The zero-order chi connectivity index (χ0) is 22.3. The number of carbonyl (C=O) groups is 1. The second-order valence-electron chi connectivity index (χ2n) is 6.07. The summed E-state index contributed by atoms with van der Waals surface area (Å²) in [5.74, 6) is 0.568. The van der Waals surface area contributed by atoms with E-state index >= 15 is 0 Å². The first-order valence-corrected chi connectivity index (χ1v) is 10.8. The molecule has 0 aliphatic heterocycles. The van der Waals surface area contributed by atoms with Crippen molar-refractivity contribution in [2.75, 3.05) is 0 Å². The van der Waals surface area contributed by atoms with Crippen molar-refractivity contribution in [3.05, 3.63) is 37.1 Å². The summed E-state index contributed by atoms with van der Waals surface area (Å²) in [5, 5.41) is 3.10. The molecule has 0 saturated carbocycles. The van der Waals surface area contributed by atoms with E-state index in [0.29, 0.717) is 12.3 Å². The second kappa shape index (κ2) is 26.7. The van der Waals surface area contributed by atoms with Crippen molar-refractivity contribution in [3.63, 3.8) is 0 Å². The van der Waals surface area contributed by atoms with E-state index in [2.05, 4.69) is 51.6 Å². The van der Waals surface area contributed by atoms with Gasteiger partial charge in [-0.1, -0.05) is 98.6 Å². The maximum Gasteiger partial charge on any atom is 0.224 e. The molecule has 2 atom stereocenters. The fourth-order valence-electron chi connectivity index (χ4n) is 2.49. The molecule has 0 aliphatic carbocycles. The standard InChI is InChI=1S/C18H33NO.C2H5N.2C2H6/c1-7-10-12-17(14(4)5)19-18(20)13-15(6)16(9-3)11-8-2;1-2-3;2*1-2/h16-17H,4,6-13H2,1-3,5H3,(H,19,20);2H,1,3H2;2*1-2H3. The van der Waals surface area contributed by atoms with Gasteiger partial charge in [0.25, 0.3) is 0 Å². The molecular formula is C24H50N2O. The summed E-state index contributed by atoms with van der Waals surface area (Å²) in [6.07, 6.45) is 8.28. The van der Waals surface area contributed by atoms with Gasteiger partial charge in [0, 0.05) is 12.5 Å². The van der Waals surface area contributed by atoms with Crippen LogP contribution in [-0.4, -0.2) is 11.9 Å². The first-order chi connectivity index (χ1) is 12.9. The van der Waals surface area contributed by atoms with Gasteiger partial charge in [-0.3, -0.25) is 4.79 Å². The lowest BCUT2D eigenvalue weighted by Crippen LogP contribution is -2.35. The molecule has 3 heteroatoms. The van der Waals surface area contributed by atoms with E-state index < -0.39 is 0 Å². The summed E-state index contributed by atoms with van der Waals surface area (Å²) in [7, 11) is 0. The Labute approximate surface area is 171 Å². The third-order valence-corrected chi connectivity index (χ3v) is 3.87. The Kier molecular flexibility index (Phi) is 32.8. The van der Waals surface area contributed by atoms with Crippen LogP contribution in [0.3, 0.4) is 0 Å². The Bertz CT molecular complexity index is 361. The lowest BCUT2D eigenvalue weighted by Gasteiger charge is -2.21. The summed E-state index contributed by atoms with van der Waals surface area (Å²) >= 11 is 0. The Balaban J connectivity index is -0.000000331. The third kappa shape index (κ3) is 22.4. The highest BCUT2D eigenvalue weighted by atomic mass is 16.1. The van der Waals surface area contributed by atoms with E-state index in [4.69, 9.17) is 0 Å². The van der Waals surface area contributed by atoms with Gasteiger partial charge in [0.1, 0.15) is 0 Å². The fourth-order valence-corrected chi connectivity index (χ4v) is 2.49. The minimum Gasteiger partial charge on any atom is -0.405 e. The van der Waals surface area contributed by atoms with E-state index in [0.717, 1.165) is 49.7 Å². The van der Waals surface area contributed by atoms with Crippen LogP contribution in [0.25, 0.3) is 0 Å². The molecule has 0 heterocycles. The molecule has 0 spiro atoms. The molecule has 0 fully saturated rings. The van der Waals surface area contributed by atoms with Crippen molar-refractivity contribution in [1.82, 2.24) is 5.32 Å².